The van der Waals surface area contributed by atoms with E-state index in [9.17, 15) is 10.1 Å². The van der Waals surface area contributed by atoms with Gasteiger partial charge in [0, 0.05) is 18.3 Å². The number of hydrogen-bond acceptors (Lipinski definition) is 7. The summed E-state index contributed by atoms with van der Waals surface area (Å²) in [5.74, 6) is 0.305. The summed E-state index contributed by atoms with van der Waals surface area (Å²) in [4.78, 5) is 15.0. The minimum absolute atomic E-state index is 0.00257. The quantitative estimate of drug-likeness (QED) is 0.446. The molecule has 2 N–H and O–H groups in total. The summed E-state index contributed by atoms with van der Waals surface area (Å²) in [6.45, 7) is 3.45. The maximum Gasteiger partial charge on any atom is 0.322 e. The van der Waals surface area contributed by atoms with E-state index in [1.54, 1.807) is 32.2 Å². The Morgan fingerprint density at radius 3 is 2.78 bits per heavy atom. The van der Waals surface area contributed by atoms with Gasteiger partial charge >= 0.3 is 5.69 Å². The predicted molar refractivity (Wildman–Crippen MR) is 82.5 cm³/mol. The molecule has 0 saturated heterocycles. The molecule has 0 atom stereocenters. The fourth-order valence-corrected chi connectivity index (χ4v) is 2.28. The van der Waals surface area contributed by atoms with Gasteiger partial charge < -0.3 is 10.3 Å². The third kappa shape index (κ3) is 2.31. The van der Waals surface area contributed by atoms with E-state index in [1.165, 1.54) is 4.68 Å². The van der Waals surface area contributed by atoms with Crippen molar-refractivity contribution in [2.75, 3.05) is 5.73 Å². The van der Waals surface area contributed by atoms with Crippen LogP contribution >= 0.6 is 0 Å². The first-order chi connectivity index (χ1) is 10.9. The first-order valence-electron chi connectivity index (χ1n) is 6.77. The van der Waals surface area contributed by atoms with Crippen molar-refractivity contribution in [1.29, 1.82) is 0 Å². The summed E-state index contributed by atoms with van der Waals surface area (Å²) in [6, 6.07) is 5.35. The smallest absolute Gasteiger partial charge is 0.322 e. The van der Waals surface area contributed by atoms with Crippen molar-refractivity contribution in [3.63, 3.8) is 0 Å². The van der Waals surface area contributed by atoms with Crippen molar-refractivity contribution in [3.8, 4) is 23.0 Å². The van der Waals surface area contributed by atoms with E-state index < -0.39 is 4.92 Å². The molecule has 0 aliphatic carbocycles. The van der Waals surface area contributed by atoms with Crippen molar-refractivity contribution in [2.24, 2.45) is 7.05 Å². The lowest BCUT2D eigenvalue weighted by Gasteiger charge is -2.03. The first kappa shape index (κ1) is 14.7. The van der Waals surface area contributed by atoms with Crippen LogP contribution in [0.1, 0.15) is 11.3 Å². The van der Waals surface area contributed by atoms with Crippen LogP contribution in [0.4, 0.5) is 11.4 Å². The van der Waals surface area contributed by atoms with Gasteiger partial charge in [0.1, 0.15) is 5.69 Å². The first-order valence-corrected chi connectivity index (χ1v) is 6.77. The van der Waals surface area contributed by atoms with Crippen LogP contribution in [0, 0.1) is 24.0 Å². The molecule has 0 aliphatic rings. The highest BCUT2D eigenvalue weighted by Gasteiger charge is 2.29. The molecule has 0 saturated carbocycles. The zero-order valence-electron chi connectivity index (χ0n) is 12.8. The Labute approximate surface area is 130 Å². The Morgan fingerprint density at radius 2 is 2.09 bits per heavy atom. The third-order valence-corrected chi connectivity index (χ3v) is 3.73. The fourth-order valence-electron chi connectivity index (χ4n) is 2.28. The zero-order chi connectivity index (χ0) is 16.7. The minimum Gasteiger partial charge on any atom is -0.398 e. The van der Waals surface area contributed by atoms with Crippen LogP contribution < -0.4 is 5.73 Å². The number of nitrogens with zero attached hydrogens (tertiary/aromatic N) is 5. The van der Waals surface area contributed by atoms with E-state index >= 15 is 0 Å². The van der Waals surface area contributed by atoms with Gasteiger partial charge in [-0.25, -0.2) is 0 Å². The van der Waals surface area contributed by atoms with Crippen molar-refractivity contribution in [2.45, 2.75) is 13.8 Å². The van der Waals surface area contributed by atoms with Gasteiger partial charge in [-0.15, -0.1) is 0 Å². The Bertz CT molecular complexity index is 911. The van der Waals surface area contributed by atoms with Crippen molar-refractivity contribution >= 4 is 11.4 Å². The van der Waals surface area contributed by atoms with Gasteiger partial charge in [-0.05, 0) is 25.5 Å². The summed E-state index contributed by atoms with van der Waals surface area (Å²) >= 11 is 0. The number of aryl methyl sites for hydroxylation is 1. The number of aromatic nitrogens is 4. The SMILES string of the molecule is Cc1c(N)cccc1-c1noc(-c2nn(C)c(C)c2[N+](=O)[O-])n1. The van der Waals surface area contributed by atoms with Gasteiger partial charge in [-0.2, -0.15) is 10.1 Å². The highest BCUT2D eigenvalue weighted by molar-refractivity contribution is 5.70. The number of benzene rings is 1. The second kappa shape index (κ2) is 5.20. The molecule has 0 spiro atoms. The topological polar surface area (TPSA) is 126 Å². The number of anilines is 1. The van der Waals surface area contributed by atoms with Crippen molar-refractivity contribution in [3.05, 3.63) is 39.6 Å². The van der Waals surface area contributed by atoms with Crippen LogP contribution in [0.2, 0.25) is 0 Å². The van der Waals surface area contributed by atoms with Gasteiger partial charge in [0.15, 0.2) is 0 Å². The number of nitrogen functional groups attached to an aromatic ring is 1. The van der Waals surface area contributed by atoms with Crippen LogP contribution in [-0.2, 0) is 7.05 Å². The molecular formula is C14H14N6O3. The van der Waals surface area contributed by atoms with Crippen LogP contribution in [0.3, 0.4) is 0 Å². The summed E-state index contributed by atoms with van der Waals surface area (Å²) < 4.78 is 6.58. The number of nitro groups is 1. The van der Waals surface area contributed by atoms with E-state index in [1.807, 2.05) is 6.92 Å². The molecule has 0 unspecified atom stereocenters. The molecule has 3 aromatic rings. The Hall–Kier alpha value is -3.23. The molecular weight excluding hydrogens is 300 g/mol. The predicted octanol–water partition coefficient (Wildman–Crippen LogP) is 2.24. The summed E-state index contributed by atoms with van der Waals surface area (Å²) in [6.07, 6.45) is 0. The molecule has 0 radical (unpaired) electrons. The lowest BCUT2D eigenvalue weighted by Crippen LogP contribution is -1.94. The van der Waals surface area contributed by atoms with Crippen LogP contribution in [0.5, 0.6) is 0 Å². The molecule has 0 amide bonds. The van der Waals surface area contributed by atoms with Crippen molar-refractivity contribution in [1.82, 2.24) is 19.9 Å². The number of nitrogens with two attached hydrogens (primary N) is 1. The van der Waals surface area contributed by atoms with E-state index in [0.29, 0.717) is 22.8 Å². The molecule has 2 heterocycles. The molecule has 0 fully saturated rings. The van der Waals surface area contributed by atoms with Gasteiger partial charge in [0.25, 0.3) is 5.89 Å². The highest BCUT2D eigenvalue weighted by Crippen LogP contribution is 2.32. The molecule has 23 heavy (non-hydrogen) atoms. The Morgan fingerprint density at radius 1 is 1.35 bits per heavy atom. The molecule has 1 aromatic carbocycles. The molecule has 9 heteroatoms. The van der Waals surface area contributed by atoms with Gasteiger partial charge in [0.05, 0.1) is 4.92 Å². The lowest BCUT2D eigenvalue weighted by atomic mass is 10.1. The van der Waals surface area contributed by atoms with Crippen LogP contribution in [0.15, 0.2) is 22.7 Å². The third-order valence-electron chi connectivity index (χ3n) is 3.73. The maximum atomic E-state index is 11.3. The Kier molecular flexibility index (Phi) is 3.32. The molecule has 3 rings (SSSR count). The second-order valence-electron chi connectivity index (χ2n) is 5.11. The van der Waals surface area contributed by atoms with E-state index in [4.69, 9.17) is 10.3 Å². The largest absolute Gasteiger partial charge is 0.398 e. The molecule has 2 aromatic heterocycles. The van der Waals surface area contributed by atoms with E-state index in [0.717, 1.165) is 5.56 Å². The number of rotatable bonds is 3. The van der Waals surface area contributed by atoms with Crippen LogP contribution in [0.25, 0.3) is 23.0 Å². The minimum atomic E-state index is -0.507. The maximum absolute atomic E-state index is 11.3. The summed E-state index contributed by atoms with van der Waals surface area (Å²) in [5.41, 5.74) is 8.30. The lowest BCUT2D eigenvalue weighted by molar-refractivity contribution is -0.384. The highest BCUT2D eigenvalue weighted by atomic mass is 16.6. The average Bonchev–Trinajstić information content (AvgIpc) is 3.08. The monoisotopic (exact) mass is 314 g/mol. The van der Waals surface area contributed by atoms with E-state index in [-0.39, 0.29) is 17.3 Å². The molecule has 118 valence electrons. The Balaban J connectivity index is 2.12. The fraction of sp³-hybridized carbons (Fsp3) is 0.214. The van der Waals surface area contributed by atoms with Gasteiger partial charge in [-0.3, -0.25) is 14.8 Å². The molecule has 0 bridgehead atoms. The second-order valence-corrected chi connectivity index (χ2v) is 5.11. The van der Waals surface area contributed by atoms with E-state index in [2.05, 4.69) is 15.2 Å². The van der Waals surface area contributed by atoms with Gasteiger partial charge in [0.2, 0.25) is 11.5 Å². The standard InChI is InChI=1S/C14H14N6O3/c1-7-9(5-4-6-10(7)15)13-16-14(23-18-13)11-12(20(21)22)8(2)19(3)17-11/h4-6H,15H2,1-3H3. The van der Waals surface area contributed by atoms with Gasteiger partial charge in [-0.1, -0.05) is 17.3 Å². The summed E-state index contributed by atoms with van der Waals surface area (Å²) in [5, 5.41) is 19.2. The van der Waals surface area contributed by atoms with Crippen molar-refractivity contribution < 1.29 is 9.45 Å². The molecule has 9 nitrogen and oxygen atoms in total. The normalized spacial score (nSPS) is 10.9. The van der Waals surface area contributed by atoms with Crippen LogP contribution in [-0.4, -0.2) is 24.8 Å². The zero-order valence-corrected chi connectivity index (χ0v) is 12.8. The average molecular weight is 314 g/mol. The number of hydrogen-bond donors (Lipinski definition) is 1. The summed E-state index contributed by atoms with van der Waals surface area (Å²) in [7, 11) is 1.62. The molecule has 0 aliphatic heterocycles.